The number of aryl methyl sites for hydroxylation is 1. The minimum absolute atomic E-state index is 0.0192. The van der Waals surface area contributed by atoms with Crippen LogP contribution in [-0.2, 0) is 11.2 Å². The number of hydrogen-bond acceptors (Lipinski definition) is 1. The Kier molecular flexibility index (Phi) is 2.58. The predicted molar refractivity (Wildman–Crippen MR) is 67.9 cm³/mol. The fourth-order valence-electron chi connectivity index (χ4n) is 2.25. The lowest BCUT2D eigenvalue weighted by atomic mass is 10.1. The molecule has 4 heteroatoms. The molecule has 0 radical (unpaired) electrons. The molecule has 2 aromatic rings. The summed E-state index contributed by atoms with van der Waals surface area (Å²) in [5.74, 6) is -0.254. The number of aromatic nitrogens is 1. The van der Waals surface area contributed by atoms with Crippen LogP contribution >= 0.6 is 0 Å². The molecule has 1 heterocycles. The third kappa shape index (κ3) is 2.10. The minimum Gasteiger partial charge on any atom is -0.358 e. The molecule has 1 saturated carbocycles. The Morgan fingerprint density at radius 2 is 2.28 bits per heavy atom. The van der Waals surface area contributed by atoms with E-state index in [1.54, 1.807) is 6.07 Å². The Morgan fingerprint density at radius 3 is 3.00 bits per heavy atom. The third-order valence-corrected chi connectivity index (χ3v) is 3.36. The zero-order valence-corrected chi connectivity index (χ0v) is 10.2. The molecule has 94 valence electrons. The molecule has 2 N–H and O–H groups in total. The van der Waals surface area contributed by atoms with Gasteiger partial charge >= 0.3 is 0 Å². The average Bonchev–Trinajstić information content (AvgIpc) is 3.07. The molecule has 18 heavy (non-hydrogen) atoms. The summed E-state index contributed by atoms with van der Waals surface area (Å²) in [5.41, 5.74) is 2.70. The van der Waals surface area contributed by atoms with Gasteiger partial charge in [0.15, 0.2) is 0 Å². The van der Waals surface area contributed by atoms with Crippen LogP contribution < -0.4 is 5.32 Å². The molecule has 0 unspecified atom stereocenters. The predicted octanol–water partition coefficient (Wildman–Crippen LogP) is 2.44. The molecular weight excluding hydrogens is 231 g/mol. The van der Waals surface area contributed by atoms with E-state index in [9.17, 15) is 9.18 Å². The number of fused-ring (bicyclic) bond motifs is 1. The number of aromatic amines is 1. The first kappa shape index (κ1) is 11.3. The molecule has 0 bridgehead atoms. The number of halogens is 1. The van der Waals surface area contributed by atoms with Crippen LogP contribution in [0.15, 0.2) is 18.2 Å². The second kappa shape index (κ2) is 4.12. The van der Waals surface area contributed by atoms with E-state index in [1.165, 1.54) is 12.1 Å². The first-order valence-corrected chi connectivity index (χ1v) is 6.19. The van der Waals surface area contributed by atoms with Crippen LogP contribution in [0.4, 0.5) is 4.39 Å². The standard InChI is InChI=1S/C14H15FN2O/c1-8-11(7-14(18)17-10-3-4-10)12-6-9(15)2-5-13(12)16-8/h2,5-6,10,16H,3-4,7H2,1H3,(H,17,18). The van der Waals surface area contributed by atoms with Crippen molar-refractivity contribution in [1.82, 2.24) is 10.3 Å². The zero-order chi connectivity index (χ0) is 12.7. The average molecular weight is 246 g/mol. The summed E-state index contributed by atoms with van der Waals surface area (Å²) in [4.78, 5) is 15.0. The SMILES string of the molecule is Cc1[nH]c2ccc(F)cc2c1CC(=O)NC1CC1. The summed E-state index contributed by atoms with van der Waals surface area (Å²) >= 11 is 0. The van der Waals surface area contributed by atoms with Crippen LogP contribution in [0.25, 0.3) is 10.9 Å². The smallest absolute Gasteiger partial charge is 0.224 e. The summed E-state index contributed by atoms with van der Waals surface area (Å²) in [7, 11) is 0. The second-order valence-electron chi connectivity index (χ2n) is 4.94. The Hall–Kier alpha value is -1.84. The molecule has 1 aromatic heterocycles. The van der Waals surface area contributed by atoms with Gasteiger partial charge in [0.2, 0.25) is 5.91 Å². The number of nitrogens with one attached hydrogen (secondary N) is 2. The van der Waals surface area contributed by atoms with E-state index < -0.39 is 0 Å². The van der Waals surface area contributed by atoms with Crippen LogP contribution in [0.2, 0.25) is 0 Å². The molecule has 3 rings (SSSR count). The first-order valence-electron chi connectivity index (χ1n) is 6.19. The monoisotopic (exact) mass is 246 g/mol. The van der Waals surface area contributed by atoms with Crippen molar-refractivity contribution in [3.63, 3.8) is 0 Å². The van der Waals surface area contributed by atoms with Crippen molar-refractivity contribution >= 4 is 16.8 Å². The highest BCUT2D eigenvalue weighted by molar-refractivity contribution is 5.90. The summed E-state index contributed by atoms with van der Waals surface area (Å²) in [6.07, 6.45) is 2.46. The van der Waals surface area contributed by atoms with Gasteiger partial charge in [-0.1, -0.05) is 0 Å². The van der Waals surface area contributed by atoms with E-state index in [2.05, 4.69) is 10.3 Å². The van der Waals surface area contributed by atoms with Crippen molar-refractivity contribution in [3.8, 4) is 0 Å². The maximum atomic E-state index is 13.3. The lowest BCUT2D eigenvalue weighted by Crippen LogP contribution is -2.27. The van der Waals surface area contributed by atoms with E-state index in [0.29, 0.717) is 12.5 Å². The van der Waals surface area contributed by atoms with Crippen LogP contribution in [0.3, 0.4) is 0 Å². The summed E-state index contributed by atoms with van der Waals surface area (Å²) in [6.45, 7) is 1.91. The zero-order valence-electron chi connectivity index (χ0n) is 10.2. The molecule has 0 atom stereocenters. The number of carbonyl (C=O) groups excluding carboxylic acids is 1. The molecule has 3 nitrogen and oxygen atoms in total. The van der Waals surface area contributed by atoms with Gasteiger partial charge in [-0.2, -0.15) is 0 Å². The van der Waals surface area contributed by atoms with Crippen LogP contribution in [-0.4, -0.2) is 16.9 Å². The van der Waals surface area contributed by atoms with Crippen molar-refractivity contribution in [3.05, 3.63) is 35.3 Å². The summed E-state index contributed by atoms with van der Waals surface area (Å²) in [5, 5.41) is 3.76. The van der Waals surface area contributed by atoms with Gasteiger partial charge in [-0.3, -0.25) is 4.79 Å². The topological polar surface area (TPSA) is 44.9 Å². The van der Waals surface area contributed by atoms with Crippen LogP contribution in [0, 0.1) is 12.7 Å². The Bertz CT molecular complexity index is 614. The van der Waals surface area contributed by atoms with Crippen molar-refractivity contribution in [2.75, 3.05) is 0 Å². The van der Waals surface area contributed by atoms with E-state index in [-0.39, 0.29) is 11.7 Å². The van der Waals surface area contributed by atoms with E-state index in [0.717, 1.165) is 35.0 Å². The molecule has 1 amide bonds. The summed E-state index contributed by atoms with van der Waals surface area (Å²) in [6, 6.07) is 4.98. The number of hydrogen-bond donors (Lipinski definition) is 2. The lowest BCUT2D eigenvalue weighted by molar-refractivity contribution is -0.120. The molecule has 1 fully saturated rings. The molecular formula is C14H15FN2O. The quantitative estimate of drug-likeness (QED) is 0.858. The Morgan fingerprint density at radius 1 is 1.50 bits per heavy atom. The second-order valence-corrected chi connectivity index (χ2v) is 4.94. The number of amides is 1. The maximum absolute atomic E-state index is 13.3. The largest absolute Gasteiger partial charge is 0.358 e. The van der Waals surface area contributed by atoms with Gasteiger partial charge in [-0.05, 0) is 43.5 Å². The van der Waals surface area contributed by atoms with Gasteiger partial charge < -0.3 is 10.3 Å². The Balaban J connectivity index is 1.91. The third-order valence-electron chi connectivity index (χ3n) is 3.36. The molecule has 0 aliphatic heterocycles. The van der Waals surface area contributed by atoms with Gasteiger partial charge in [0.1, 0.15) is 5.82 Å². The van der Waals surface area contributed by atoms with Gasteiger partial charge in [0.25, 0.3) is 0 Å². The molecule has 1 aromatic carbocycles. The summed E-state index contributed by atoms with van der Waals surface area (Å²) < 4.78 is 13.3. The van der Waals surface area contributed by atoms with Crippen LogP contribution in [0.1, 0.15) is 24.1 Å². The van der Waals surface area contributed by atoms with E-state index in [1.807, 2.05) is 6.92 Å². The normalized spacial score (nSPS) is 15.0. The van der Waals surface area contributed by atoms with E-state index in [4.69, 9.17) is 0 Å². The van der Waals surface area contributed by atoms with Crippen molar-refractivity contribution in [2.45, 2.75) is 32.2 Å². The van der Waals surface area contributed by atoms with Gasteiger partial charge in [0.05, 0.1) is 6.42 Å². The van der Waals surface area contributed by atoms with Crippen molar-refractivity contribution in [1.29, 1.82) is 0 Å². The first-order chi connectivity index (χ1) is 8.63. The van der Waals surface area contributed by atoms with Gasteiger partial charge in [-0.25, -0.2) is 4.39 Å². The molecule has 0 saturated heterocycles. The van der Waals surface area contributed by atoms with Gasteiger partial charge in [0, 0.05) is 22.6 Å². The molecule has 0 spiro atoms. The lowest BCUT2D eigenvalue weighted by Gasteiger charge is -2.03. The van der Waals surface area contributed by atoms with Gasteiger partial charge in [-0.15, -0.1) is 0 Å². The van der Waals surface area contributed by atoms with Crippen molar-refractivity contribution < 1.29 is 9.18 Å². The number of H-pyrrole nitrogens is 1. The number of benzene rings is 1. The maximum Gasteiger partial charge on any atom is 0.224 e. The fourth-order valence-corrected chi connectivity index (χ4v) is 2.25. The van der Waals surface area contributed by atoms with E-state index >= 15 is 0 Å². The highest BCUT2D eigenvalue weighted by Crippen LogP contribution is 2.24. The number of rotatable bonds is 3. The fraction of sp³-hybridized carbons (Fsp3) is 0.357. The highest BCUT2D eigenvalue weighted by Gasteiger charge is 2.24. The number of carbonyl (C=O) groups is 1. The molecule has 1 aliphatic rings. The Labute approximate surface area is 104 Å². The minimum atomic E-state index is -0.273. The van der Waals surface area contributed by atoms with Crippen molar-refractivity contribution in [2.24, 2.45) is 0 Å². The molecule has 1 aliphatic carbocycles. The van der Waals surface area contributed by atoms with Crippen LogP contribution in [0.5, 0.6) is 0 Å². The highest BCUT2D eigenvalue weighted by atomic mass is 19.1.